The minimum atomic E-state index is -0.000514. The van der Waals surface area contributed by atoms with Gasteiger partial charge in [0, 0.05) is 38.6 Å². The molecule has 6 heteroatoms. The van der Waals surface area contributed by atoms with Gasteiger partial charge in [-0.25, -0.2) is 9.97 Å². The lowest BCUT2D eigenvalue weighted by Gasteiger charge is -2.37. The predicted molar refractivity (Wildman–Crippen MR) is 74.8 cm³/mol. The van der Waals surface area contributed by atoms with Crippen molar-refractivity contribution < 1.29 is 0 Å². The van der Waals surface area contributed by atoms with E-state index in [0.29, 0.717) is 11.5 Å². The standard InChI is InChI=1S/C14H18N6/c1-2-3-12(10-15)19-6-8-20(9-7-19)14-13(11-16)17-4-5-18-14/h4-5,12H,2-3,6-9H2,1H3. The maximum absolute atomic E-state index is 9.20. The molecule has 1 unspecified atom stereocenters. The van der Waals surface area contributed by atoms with Crippen LogP contribution in [0.5, 0.6) is 0 Å². The zero-order chi connectivity index (χ0) is 14.4. The van der Waals surface area contributed by atoms with Crippen LogP contribution < -0.4 is 4.90 Å². The first kappa shape index (κ1) is 14.2. The molecule has 0 radical (unpaired) electrons. The van der Waals surface area contributed by atoms with Crippen molar-refractivity contribution in [3.05, 3.63) is 18.1 Å². The van der Waals surface area contributed by atoms with E-state index in [0.717, 1.165) is 39.0 Å². The zero-order valence-electron chi connectivity index (χ0n) is 11.7. The highest BCUT2D eigenvalue weighted by Gasteiger charge is 2.25. The van der Waals surface area contributed by atoms with Gasteiger partial charge in [0.2, 0.25) is 0 Å². The van der Waals surface area contributed by atoms with E-state index in [1.165, 1.54) is 6.20 Å². The molecule has 6 nitrogen and oxygen atoms in total. The lowest BCUT2D eigenvalue weighted by molar-refractivity contribution is 0.211. The molecular formula is C14H18N6. The summed E-state index contributed by atoms with van der Waals surface area (Å²) in [5, 5.41) is 18.3. The minimum absolute atomic E-state index is 0.000514. The van der Waals surface area contributed by atoms with E-state index < -0.39 is 0 Å². The third-order valence-corrected chi connectivity index (χ3v) is 3.55. The van der Waals surface area contributed by atoms with Crippen LogP contribution in [0.4, 0.5) is 5.82 Å². The summed E-state index contributed by atoms with van der Waals surface area (Å²) in [4.78, 5) is 12.6. The summed E-state index contributed by atoms with van der Waals surface area (Å²) in [6.45, 7) is 5.28. The van der Waals surface area contributed by atoms with E-state index in [4.69, 9.17) is 5.26 Å². The Labute approximate surface area is 119 Å². The molecule has 1 aromatic heterocycles. The second-order valence-corrected chi connectivity index (χ2v) is 4.80. The highest BCUT2D eigenvalue weighted by Crippen LogP contribution is 2.18. The third-order valence-electron chi connectivity index (χ3n) is 3.55. The molecule has 0 amide bonds. The van der Waals surface area contributed by atoms with Gasteiger partial charge in [0.05, 0.1) is 12.1 Å². The predicted octanol–water partition coefficient (Wildman–Crippen LogP) is 1.16. The van der Waals surface area contributed by atoms with Gasteiger partial charge in [0.1, 0.15) is 6.07 Å². The summed E-state index contributed by atoms with van der Waals surface area (Å²) in [5.41, 5.74) is 0.367. The lowest BCUT2D eigenvalue weighted by atomic mass is 10.1. The maximum Gasteiger partial charge on any atom is 0.183 e. The topological polar surface area (TPSA) is 79.8 Å². The second kappa shape index (κ2) is 6.83. The third kappa shape index (κ3) is 3.04. The normalized spacial score (nSPS) is 17.2. The number of piperazine rings is 1. The molecular weight excluding hydrogens is 252 g/mol. The van der Waals surface area contributed by atoms with Gasteiger partial charge in [0.15, 0.2) is 11.5 Å². The van der Waals surface area contributed by atoms with E-state index in [1.807, 2.05) is 0 Å². The van der Waals surface area contributed by atoms with Gasteiger partial charge in [-0.2, -0.15) is 10.5 Å². The Kier molecular flexibility index (Phi) is 4.86. The van der Waals surface area contributed by atoms with Crippen LogP contribution in [0, 0.1) is 22.7 Å². The summed E-state index contributed by atoms with van der Waals surface area (Å²) in [7, 11) is 0. The molecule has 0 aliphatic carbocycles. The van der Waals surface area contributed by atoms with Crippen LogP contribution in [0.2, 0.25) is 0 Å². The first-order chi connectivity index (χ1) is 9.80. The monoisotopic (exact) mass is 270 g/mol. The molecule has 2 rings (SSSR count). The highest BCUT2D eigenvalue weighted by molar-refractivity contribution is 5.49. The Morgan fingerprint density at radius 2 is 1.90 bits per heavy atom. The molecule has 1 aromatic rings. The molecule has 0 spiro atoms. The van der Waals surface area contributed by atoms with Gasteiger partial charge in [-0.05, 0) is 6.42 Å². The van der Waals surface area contributed by atoms with Crippen LogP contribution in [0.1, 0.15) is 25.5 Å². The van der Waals surface area contributed by atoms with Crippen molar-refractivity contribution in [2.45, 2.75) is 25.8 Å². The lowest BCUT2D eigenvalue weighted by Crippen LogP contribution is -2.50. The summed E-state index contributed by atoms with van der Waals surface area (Å²) in [5.74, 6) is 0.652. The van der Waals surface area contributed by atoms with E-state index in [-0.39, 0.29) is 6.04 Å². The van der Waals surface area contributed by atoms with Crippen molar-refractivity contribution >= 4 is 5.82 Å². The van der Waals surface area contributed by atoms with Gasteiger partial charge in [-0.3, -0.25) is 4.90 Å². The first-order valence-corrected chi connectivity index (χ1v) is 6.89. The van der Waals surface area contributed by atoms with Crippen molar-refractivity contribution in [2.75, 3.05) is 31.1 Å². The van der Waals surface area contributed by atoms with Crippen LogP contribution in [-0.4, -0.2) is 47.1 Å². The fourth-order valence-electron chi connectivity index (χ4n) is 2.49. The summed E-state index contributed by atoms with van der Waals surface area (Å²) in [6.07, 6.45) is 5.06. The Bertz CT molecular complexity index is 521. The molecule has 1 fully saturated rings. The Hall–Kier alpha value is -2.18. The average molecular weight is 270 g/mol. The van der Waals surface area contributed by atoms with Crippen molar-refractivity contribution in [1.29, 1.82) is 10.5 Å². The molecule has 104 valence electrons. The maximum atomic E-state index is 9.20. The van der Waals surface area contributed by atoms with E-state index >= 15 is 0 Å². The van der Waals surface area contributed by atoms with E-state index in [9.17, 15) is 5.26 Å². The number of hydrogen-bond donors (Lipinski definition) is 0. The molecule has 0 aromatic carbocycles. The molecule has 1 aliphatic rings. The fraction of sp³-hybridized carbons (Fsp3) is 0.571. The van der Waals surface area contributed by atoms with Crippen molar-refractivity contribution in [3.8, 4) is 12.1 Å². The number of anilines is 1. The van der Waals surface area contributed by atoms with E-state index in [1.54, 1.807) is 6.20 Å². The smallest absolute Gasteiger partial charge is 0.183 e. The molecule has 0 N–H and O–H groups in total. The minimum Gasteiger partial charge on any atom is -0.352 e. The Balaban J connectivity index is 2.01. The number of rotatable bonds is 4. The van der Waals surface area contributed by atoms with Crippen molar-refractivity contribution in [1.82, 2.24) is 14.9 Å². The SMILES string of the molecule is CCCC(C#N)N1CCN(c2nccnc2C#N)CC1. The quantitative estimate of drug-likeness (QED) is 0.817. The largest absolute Gasteiger partial charge is 0.352 e. The summed E-state index contributed by atoms with van der Waals surface area (Å²) >= 11 is 0. The molecule has 0 saturated carbocycles. The molecule has 1 aliphatic heterocycles. The van der Waals surface area contributed by atoms with Gasteiger partial charge in [0.25, 0.3) is 0 Å². The zero-order valence-corrected chi connectivity index (χ0v) is 11.7. The molecule has 20 heavy (non-hydrogen) atoms. The van der Waals surface area contributed by atoms with Crippen molar-refractivity contribution in [3.63, 3.8) is 0 Å². The van der Waals surface area contributed by atoms with Crippen LogP contribution in [0.25, 0.3) is 0 Å². The molecule has 0 bridgehead atoms. The van der Waals surface area contributed by atoms with Crippen molar-refractivity contribution in [2.24, 2.45) is 0 Å². The van der Waals surface area contributed by atoms with Crippen LogP contribution in [-0.2, 0) is 0 Å². The summed E-state index contributed by atoms with van der Waals surface area (Å²) < 4.78 is 0. The average Bonchev–Trinajstić information content (AvgIpc) is 2.53. The van der Waals surface area contributed by atoms with Gasteiger partial charge in [-0.1, -0.05) is 13.3 Å². The molecule has 2 heterocycles. The molecule has 1 saturated heterocycles. The fourth-order valence-corrected chi connectivity index (χ4v) is 2.49. The van der Waals surface area contributed by atoms with Gasteiger partial charge in [-0.15, -0.1) is 0 Å². The summed E-state index contributed by atoms with van der Waals surface area (Å²) in [6, 6.07) is 4.45. The van der Waals surface area contributed by atoms with Gasteiger partial charge < -0.3 is 4.90 Å². The Morgan fingerprint density at radius 3 is 2.50 bits per heavy atom. The number of nitrogens with zero attached hydrogens (tertiary/aromatic N) is 6. The van der Waals surface area contributed by atoms with Crippen LogP contribution >= 0.6 is 0 Å². The highest BCUT2D eigenvalue weighted by atomic mass is 15.3. The molecule has 1 atom stereocenters. The second-order valence-electron chi connectivity index (χ2n) is 4.80. The number of nitriles is 2. The van der Waals surface area contributed by atoms with Crippen LogP contribution in [0.15, 0.2) is 12.4 Å². The number of hydrogen-bond acceptors (Lipinski definition) is 6. The van der Waals surface area contributed by atoms with Crippen LogP contribution in [0.3, 0.4) is 0 Å². The number of aromatic nitrogens is 2. The Morgan fingerprint density at radius 1 is 1.20 bits per heavy atom. The van der Waals surface area contributed by atoms with Gasteiger partial charge >= 0.3 is 0 Å². The first-order valence-electron chi connectivity index (χ1n) is 6.89. The van der Waals surface area contributed by atoms with E-state index in [2.05, 4.69) is 38.8 Å².